The van der Waals surface area contributed by atoms with Gasteiger partial charge in [0.05, 0.1) is 12.0 Å². The Kier molecular flexibility index (Phi) is 5.45. The van der Waals surface area contributed by atoms with Gasteiger partial charge in [0.2, 0.25) is 11.8 Å². The summed E-state index contributed by atoms with van der Waals surface area (Å²) in [6.07, 6.45) is 3.00. The van der Waals surface area contributed by atoms with E-state index < -0.39 is 0 Å². The molecule has 6 heteroatoms. The van der Waals surface area contributed by atoms with E-state index in [1.807, 2.05) is 36.1 Å². The third-order valence-electron chi connectivity index (χ3n) is 5.99. The smallest absolute Gasteiger partial charge is 0.228 e. The average molecular weight is 371 g/mol. The molecule has 1 aromatic rings. The highest BCUT2D eigenvalue weighted by molar-refractivity contribution is 6.00. The van der Waals surface area contributed by atoms with Crippen LogP contribution in [-0.4, -0.2) is 73.6 Å². The van der Waals surface area contributed by atoms with Crippen molar-refractivity contribution in [1.82, 2.24) is 9.80 Å². The van der Waals surface area contributed by atoms with E-state index in [4.69, 9.17) is 4.74 Å². The number of hydrogen-bond acceptors (Lipinski definition) is 4. The SMILES string of the molecule is Cc1ccc(N2CC(C(=O)N3CCN(CC4CCCO4)CC3)CC2=O)cc1. The third kappa shape index (κ3) is 4.17. The first-order chi connectivity index (χ1) is 13.1. The van der Waals surface area contributed by atoms with Gasteiger partial charge in [0.1, 0.15) is 0 Å². The fourth-order valence-corrected chi connectivity index (χ4v) is 4.33. The molecule has 2 atom stereocenters. The lowest BCUT2D eigenvalue weighted by Crippen LogP contribution is -2.52. The summed E-state index contributed by atoms with van der Waals surface area (Å²) in [7, 11) is 0. The van der Waals surface area contributed by atoms with Crippen LogP contribution in [0.5, 0.6) is 0 Å². The summed E-state index contributed by atoms with van der Waals surface area (Å²) in [6.45, 7) is 7.68. The van der Waals surface area contributed by atoms with Crippen LogP contribution in [0.2, 0.25) is 0 Å². The second kappa shape index (κ2) is 7.98. The number of aryl methyl sites for hydroxylation is 1. The normalized spacial score (nSPS) is 26.8. The topological polar surface area (TPSA) is 53.1 Å². The number of amides is 2. The number of benzene rings is 1. The van der Waals surface area contributed by atoms with E-state index in [2.05, 4.69) is 4.90 Å². The molecule has 2 unspecified atom stereocenters. The van der Waals surface area contributed by atoms with Crippen molar-refractivity contribution in [2.75, 3.05) is 50.8 Å². The van der Waals surface area contributed by atoms with Crippen molar-refractivity contribution < 1.29 is 14.3 Å². The van der Waals surface area contributed by atoms with Crippen LogP contribution in [0.4, 0.5) is 5.69 Å². The molecule has 0 spiro atoms. The zero-order chi connectivity index (χ0) is 18.8. The molecule has 0 N–H and O–H groups in total. The van der Waals surface area contributed by atoms with Crippen LogP contribution in [0.3, 0.4) is 0 Å². The number of anilines is 1. The van der Waals surface area contributed by atoms with E-state index in [9.17, 15) is 9.59 Å². The Hall–Kier alpha value is -1.92. The first kappa shape index (κ1) is 18.4. The van der Waals surface area contributed by atoms with Crippen molar-refractivity contribution >= 4 is 17.5 Å². The maximum absolute atomic E-state index is 12.9. The van der Waals surface area contributed by atoms with Crippen molar-refractivity contribution in [3.8, 4) is 0 Å². The van der Waals surface area contributed by atoms with Gasteiger partial charge in [-0.2, -0.15) is 0 Å². The van der Waals surface area contributed by atoms with Crippen LogP contribution in [0, 0.1) is 12.8 Å². The molecule has 3 fully saturated rings. The number of carbonyl (C=O) groups excluding carboxylic acids is 2. The van der Waals surface area contributed by atoms with E-state index in [-0.39, 0.29) is 17.7 Å². The number of nitrogens with zero attached hydrogens (tertiary/aromatic N) is 3. The number of carbonyl (C=O) groups is 2. The Morgan fingerprint density at radius 2 is 1.89 bits per heavy atom. The van der Waals surface area contributed by atoms with E-state index in [0.717, 1.165) is 57.9 Å². The van der Waals surface area contributed by atoms with Gasteiger partial charge in [-0.15, -0.1) is 0 Å². The Morgan fingerprint density at radius 3 is 2.56 bits per heavy atom. The van der Waals surface area contributed by atoms with Gasteiger partial charge in [-0.05, 0) is 31.9 Å². The number of hydrogen-bond donors (Lipinski definition) is 0. The summed E-state index contributed by atoms with van der Waals surface area (Å²) in [5, 5.41) is 0. The lowest BCUT2D eigenvalue weighted by atomic mass is 10.1. The highest BCUT2D eigenvalue weighted by Crippen LogP contribution is 2.27. The predicted octanol–water partition coefficient (Wildman–Crippen LogP) is 1.67. The summed E-state index contributed by atoms with van der Waals surface area (Å²) >= 11 is 0. The summed E-state index contributed by atoms with van der Waals surface area (Å²) in [4.78, 5) is 31.5. The highest BCUT2D eigenvalue weighted by atomic mass is 16.5. The molecule has 0 aliphatic carbocycles. The molecule has 4 rings (SSSR count). The summed E-state index contributed by atoms with van der Waals surface area (Å²) < 4.78 is 5.72. The fraction of sp³-hybridized carbons (Fsp3) is 0.619. The van der Waals surface area contributed by atoms with Gasteiger partial charge in [-0.1, -0.05) is 17.7 Å². The fourth-order valence-electron chi connectivity index (χ4n) is 4.33. The summed E-state index contributed by atoms with van der Waals surface area (Å²) in [5.41, 5.74) is 2.06. The largest absolute Gasteiger partial charge is 0.377 e. The average Bonchev–Trinajstić information content (AvgIpc) is 3.32. The molecule has 1 aromatic carbocycles. The van der Waals surface area contributed by atoms with Gasteiger partial charge < -0.3 is 14.5 Å². The lowest BCUT2D eigenvalue weighted by molar-refractivity contribution is -0.137. The van der Waals surface area contributed by atoms with E-state index in [1.165, 1.54) is 5.56 Å². The van der Waals surface area contributed by atoms with E-state index in [0.29, 0.717) is 19.1 Å². The molecule has 3 heterocycles. The second-order valence-electron chi connectivity index (χ2n) is 8.00. The van der Waals surface area contributed by atoms with Gasteiger partial charge in [0, 0.05) is 58.0 Å². The van der Waals surface area contributed by atoms with Gasteiger partial charge in [-0.25, -0.2) is 0 Å². The Labute approximate surface area is 161 Å². The zero-order valence-corrected chi connectivity index (χ0v) is 16.1. The van der Waals surface area contributed by atoms with Gasteiger partial charge in [0.25, 0.3) is 0 Å². The Morgan fingerprint density at radius 1 is 1.15 bits per heavy atom. The molecule has 0 bridgehead atoms. The number of ether oxygens (including phenoxy) is 1. The van der Waals surface area contributed by atoms with Crippen molar-refractivity contribution in [3.63, 3.8) is 0 Å². The number of rotatable bonds is 4. The lowest BCUT2D eigenvalue weighted by Gasteiger charge is -2.36. The molecule has 3 aliphatic rings. The monoisotopic (exact) mass is 371 g/mol. The second-order valence-corrected chi connectivity index (χ2v) is 8.00. The van der Waals surface area contributed by atoms with Crippen molar-refractivity contribution in [2.45, 2.75) is 32.3 Å². The third-order valence-corrected chi connectivity index (χ3v) is 5.99. The van der Waals surface area contributed by atoms with E-state index >= 15 is 0 Å². The van der Waals surface area contributed by atoms with Crippen molar-refractivity contribution in [2.24, 2.45) is 5.92 Å². The first-order valence-corrected chi connectivity index (χ1v) is 10.1. The van der Waals surface area contributed by atoms with Crippen LogP contribution < -0.4 is 4.90 Å². The Balaban J connectivity index is 1.30. The summed E-state index contributed by atoms with van der Waals surface area (Å²) in [6, 6.07) is 7.93. The standard InChI is InChI=1S/C21H29N3O3/c1-16-4-6-18(7-5-16)24-14-17(13-20(24)25)21(26)23-10-8-22(9-11-23)15-19-3-2-12-27-19/h4-7,17,19H,2-3,8-15H2,1H3. The van der Waals surface area contributed by atoms with Gasteiger partial charge in [-0.3, -0.25) is 14.5 Å². The minimum Gasteiger partial charge on any atom is -0.377 e. The van der Waals surface area contributed by atoms with Gasteiger partial charge in [0.15, 0.2) is 0 Å². The zero-order valence-electron chi connectivity index (χ0n) is 16.1. The maximum atomic E-state index is 12.9. The van der Waals surface area contributed by atoms with Gasteiger partial charge >= 0.3 is 0 Å². The predicted molar refractivity (Wildman–Crippen MR) is 104 cm³/mol. The molecule has 3 aliphatic heterocycles. The van der Waals surface area contributed by atoms with E-state index in [1.54, 1.807) is 4.90 Å². The van der Waals surface area contributed by atoms with Crippen LogP contribution in [-0.2, 0) is 14.3 Å². The van der Waals surface area contributed by atoms with Crippen LogP contribution >= 0.6 is 0 Å². The molecule has 0 aromatic heterocycles. The molecular formula is C21H29N3O3. The first-order valence-electron chi connectivity index (χ1n) is 10.1. The molecule has 0 saturated carbocycles. The maximum Gasteiger partial charge on any atom is 0.228 e. The molecule has 2 amide bonds. The molecule has 6 nitrogen and oxygen atoms in total. The van der Waals surface area contributed by atoms with Crippen molar-refractivity contribution in [1.29, 1.82) is 0 Å². The number of piperazine rings is 1. The Bertz CT molecular complexity index is 676. The highest BCUT2D eigenvalue weighted by Gasteiger charge is 2.38. The van der Waals surface area contributed by atoms with Crippen molar-refractivity contribution in [3.05, 3.63) is 29.8 Å². The minimum atomic E-state index is -0.219. The molecular weight excluding hydrogens is 342 g/mol. The quantitative estimate of drug-likeness (QED) is 0.808. The van der Waals surface area contributed by atoms with Crippen LogP contribution in [0.25, 0.3) is 0 Å². The summed E-state index contributed by atoms with van der Waals surface area (Å²) in [5.74, 6) is -0.0348. The molecule has 146 valence electrons. The molecule has 3 saturated heterocycles. The van der Waals surface area contributed by atoms with Crippen LogP contribution in [0.1, 0.15) is 24.8 Å². The molecule has 27 heavy (non-hydrogen) atoms. The minimum absolute atomic E-state index is 0.0502. The van der Waals surface area contributed by atoms with Crippen LogP contribution in [0.15, 0.2) is 24.3 Å². The molecule has 0 radical (unpaired) electrons.